The Balaban J connectivity index is 1.82. The summed E-state index contributed by atoms with van der Waals surface area (Å²) in [4.78, 5) is 25.8. The zero-order valence-corrected chi connectivity index (χ0v) is 12.4. The molecule has 106 valence electrons. The molecule has 2 aromatic heterocycles. The molecule has 1 aliphatic rings. The molecule has 1 N–H and O–H groups in total. The van der Waals surface area contributed by atoms with Gasteiger partial charge in [-0.1, -0.05) is 11.8 Å². The molecule has 0 amide bonds. The van der Waals surface area contributed by atoms with Crippen molar-refractivity contribution in [3.63, 3.8) is 0 Å². The minimum Gasteiger partial charge on any atom is -0.337 e. The van der Waals surface area contributed by atoms with Crippen molar-refractivity contribution in [3.8, 4) is 0 Å². The summed E-state index contributed by atoms with van der Waals surface area (Å²) in [7, 11) is 1.99. The number of hydrogen-bond donors (Lipinski definition) is 1. The van der Waals surface area contributed by atoms with Crippen molar-refractivity contribution in [1.29, 1.82) is 0 Å². The van der Waals surface area contributed by atoms with Gasteiger partial charge in [-0.15, -0.1) is 0 Å². The van der Waals surface area contributed by atoms with Crippen LogP contribution in [0.2, 0.25) is 0 Å². The predicted molar refractivity (Wildman–Crippen MR) is 77.7 cm³/mol. The van der Waals surface area contributed by atoms with Crippen molar-refractivity contribution in [3.05, 3.63) is 39.8 Å². The van der Waals surface area contributed by atoms with E-state index in [1.165, 1.54) is 11.8 Å². The Bertz CT molecular complexity index is 678. The third kappa shape index (κ3) is 2.51. The van der Waals surface area contributed by atoms with Crippen LogP contribution < -0.4 is 5.56 Å². The number of nitrogens with zero attached hydrogens (tertiary/aromatic N) is 4. The van der Waals surface area contributed by atoms with Crippen molar-refractivity contribution in [1.82, 2.24) is 24.4 Å². The van der Waals surface area contributed by atoms with Crippen LogP contribution in [0.3, 0.4) is 0 Å². The Morgan fingerprint density at radius 3 is 3.05 bits per heavy atom. The van der Waals surface area contributed by atoms with Gasteiger partial charge < -0.3 is 9.55 Å². The zero-order chi connectivity index (χ0) is 14.1. The van der Waals surface area contributed by atoms with Gasteiger partial charge in [-0.25, -0.2) is 9.97 Å². The number of imidazole rings is 1. The van der Waals surface area contributed by atoms with E-state index in [4.69, 9.17) is 0 Å². The molecule has 20 heavy (non-hydrogen) atoms. The summed E-state index contributed by atoms with van der Waals surface area (Å²) in [5.74, 6) is 0. The number of fused-ring (bicyclic) bond motifs is 1. The third-order valence-electron chi connectivity index (χ3n) is 3.62. The van der Waals surface area contributed by atoms with Crippen LogP contribution in [0.25, 0.3) is 0 Å². The second kappa shape index (κ2) is 5.41. The quantitative estimate of drug-likeness (QED) is 0.669. The van der Waals surface area contributed by atoms with Crippen LogP contribution in [0.4, 0.5) is 0 Å². The first-order chi connectivity index (χ1) is 9.67. The van der Waals surface area contributed by atoms with E-state index in [2.05, 4.69) is 19.9 Å². The third-order valence-corrected chi connectivity index (χ3v) is 4.20. The molecule has 0 saturated heterocycles. The van der Waals surface area contributed by atoms with Gasteiger partial charge in [0.1, 0.15) is 0 Å². The highest BCUT2D eigenvalue weighted by atomic mass is 32.2. The minimum atomic E-state index is -0.00550. The van der Waals surface area contributed by atoms with Crippen molar-refractivity contribution in [2.24, 2.45) is 7.05 Å². The van der Waals surface area contributed by atoms with Gasteiger partial charge in [-0.2, -0.15) is 0 Å². The molecular weight excluding hydrogens is 274 g/mol. The number of aromatic amines is 1. The van der Waals surface area contributed by atoms with Gasteiger partial charge >= 0.3 is 0 Å². The molecule has 0 unspecified atom stereocenters. The number of rotatable bonds is 3. The fourth-order valence-electron chi connectivity index (χ4n) is 2.46. The van der Waals surface area contributed by atoms with Crippen molar-refractivity contribution < 1.29 is 0 Å². The molecule has 0 fully saturated rings. The normalized spacial score (nSPS) is 15.3. The van der Waals surface area contributed by atoms with Crippen LogP contribution in [0, 0.1) is 0 Å². The molecule has 0 aromatic carbocycles. The van der Waals surface area contributed by atoms with Crippen molar-refractivity contribution >= 4 is 11.8 Å². The lowest BCUT2D eigenvalue weighted by molar-refractivity contribution is 0.236. The average Bonchev–Trinajstić information content (AvgIpc) is 2.85. The second-order valence-corrected chi connectivity index (χ2v) is 5.75. The fourth-order valence-corrected chi connectivity index (χ4v) is 2.85. The highest BCUT2D eigenvalue weighted by molar-refractivity contribution is 7.98. The van der Waals surface area contributed by atoms with Gasteiger partial charge in [0.15, 0.2) is 5.16 Å². The molecular formula is C13H17N5OS. The van der Waals surface area contributed by atoms with Gasteiger partial charge in [0.25, 0.3) is 5.56 Å². The van der Waals surface area contributed by atoms with E-state index in [0.29, 0.717) is 11.7 Å². The average molecular weight is 291 g/mol. The first-order valence-corrected chi connectivity index (χ1v) is 7.73. The molecule has 0 saturated carbocycles. The molecule has 0 atom stereocenters. The van der Waals surface area contributed by atoms with Crippen molar-refractivity contribution in [2.45, 2.75) is 24.7 Å². The van der Waals surface area contributed by atoms with Crippen LogP contribution in [0.5, 0.6) is 0 Å². The Kier molecular flexibility index (Phi) is 3.62. The van der Waals surface area contributed by atoms with Gasteiger partial charge in [0.2, 0.25) is 0 Å². The molecule has 7 heteroatoms. The summed E-state index contributed by atoms with van der Waals surface area (Å²) in [6.45, 7) is 2.37. The Morgan fingerprint density at radius 1 is 1.50 bits per heavy atom. The monoisotopic (exact) mass is 291 g/mol. The van der Waals surface area contributed by atoms with E-state index in [0.717, 1.165) is 36.5 Å². The topological polar surface area (TPSA) is 66.8 Å². The lowest BCUT2D eigenvalue weighted by atomic mass is 10.1. The molecule has 3 rings (SSSR count). The number of aryl methyl sites for hydroxylation is 1. The summed E-state index contributed by atoms with van der Waals surface area (Å²) in [5, 5.41) is 0.703. The highest BCUT2D eigenvalue weighted by Gasteiger charge is 2.21. The van der Waals surface area contributed by atoms with Crippen LogP contribution in [-0.2, 0) is 26.6 Å². The Labute approximate surface area is 121 Å². The number of H-pyrrole nitrogens is 1. The molecule has 3 heterocycles. The molecule has 0 bridgehead atoms. The molecule has 1 aliphatic heterocycles. The maximum Gasteiger partial charge on any atom is 0.256 e. The largest absolute Gasteiger partial charge is 0.337 e. The van der Waals surface area contributed by atoms with Crippen molar-refractivity contribution in [2.75, 3.05) is 12.8 Å². The van der Waals surface area contributed by atoms with E-state index in [1.54, 1.807) is 6.33 Å². The zero-order valence-electron chi connectivity index (χ0n) is 11.6. The summed E-state index contributed by atoms with van der Waals surface area (Å²) >= 11 is 1.47. The molecule has 0 spiro atoms. The lowest BCUT2D eigenvalue weighted by Crippen LogP contribution is -2.35. The lowest BCUT2D eigenvalue weighted by Gasteiger charge is -2.27. The minimum absolute atomic E-state index is 0.00550. The van der Waals surface area contributed by atoms with Gasteiger partial charge in [0.05, 0.1) is 23.3 Å². The van der Waals surface area contributed by atoms with Gasteiger partial charge in [0, 0.05) is 39.3 Å². The number of nitrogens with one attached hydrogen (secondary N) is 1. The van der Waals surface area contributed by atoms with Crippen LogP contribution in [0.15, 0.2) is 22.5 Å². The molecule has 0 radical (unpaired) electrons. The SMILES string of the molecule is CSc1nc2c(c(=O)[nH]1)CN(Cc1cncn1C)CC2. The number of aromatic nitrogens is 4. The summed E-state index contributed by atoms with van der Waals surface area (Å²) in [6, 6.07) is 0. The molecule has 6 nitrogen and oxygen atoms in total. The van der Waals surface area contributed by atoms with Crippen LogP contribution >= 0.6 is 11.8 Å². The maximum absolute atomic E-state index is 12.1. The Hall–Kier alpha value is -1.60. The van der Waals surface area contributed by atoms with E-state index >= 15 is 0 Å². The van der Waals surface area contributed by atoms with E-state index in [-0.39, 0.29) is 5.56 Å². The predicted octanol–water partition coefficient (Wildman–Crippen LogP) is 0.784. The summed E-state index contributed by atoms with van der Waals surface area (Å²) in [5.41, 5.74) is 2.89. The first-order valence-electron chi connectivity index (χ1n) is 6.51. The van der Waals surface area contributed by atoms with E-state index in [1.807, 2.05) is 24.1 Å². The fraction of sp³-hybridized carbons (Fsp3) is 0.462. The van der Waals surface area contributed by atoms with E-state index < -0.39 is 0 Å². The standard InChI is InChI=1S/C13H17N5OS/c1-17-8-14-5-9(17)6-18-4-3-11-10(7-18)12(19)16-13(15-11)20-2/h5,8H,3-4,6-7H2,1-2H3,(H,15,16,19). The smallest absolute Gasteiger partial charge is 0.256 e. The second-order valence-electron chi connectivity index (χ2n) is 4.96. The number of hydrogen-bond acceptors (Lipinski definition) is 5. The first kappa shape index (κ1) is 13.4. The maximum atomic E-state index is 12.1. The van der Waals surface area contributed by atoms with Gasteiger partial charge in [-0.05, 0) is 6.26 Å². The van der Waals surface area contributed by atoms with Gasteiger partial charge in [-0.3, -0.25) is 9.69 Å². The number of thioether (sulfide) groups is 1. The molecule has 0 aliphatic carbocycles. The van der Waals surface area contributed by atoms with Crippen LogP contribution in [-0.4, -0.2) is 37.2 Å². The Morgan fingerprint density at radius 2 is 2.35 bits per heavy atom. The van der Waals surface area contributed by atoms with E-state index in [9.17, 15) is 4.79 Å². The summed E-state index contributed by atoms with van der Waals surface area (Å²) in [6.07, 6.45) is 6.41. The molecule has 2 aromatic rings. The highest BCUT2D eigenvalue weighted by Crippen LogP contribution is 2.18. The van der Waals surface area contributed by atoms with Crippen LogP contribution in [0.1, 0.15) is 17.0 Å². The summed E-state index contributed by atoms with van der Waals surface area (Å²) < 4.78 is 2.01.